The second kappa shape index (κ2) is 12.4. The van der Waals surface area contributed by atoms with E-state index in [2.05, 4.69) is 30.1 Å². The van der Waals surface area contributed by atoms with Crippen molar-refractivity contribution in [1.82, 2.24) is 10.0 Å². The Balaban J connectivity index is 1.90. The lowest BCUT2D eigenvalue weighted by Crippen LogP contribution is -2.20. The van der Waals surface area contributed by atoms with Gasteiger partial charge in [0.1, 0.15) is 0 Å². The van der Waals surface area contributed by atoms with Gasteiger partial charge < -0.3 is 5.21 Å². The van der Waals surface area contributed by atoms with Crippen molar-refractivity contribution in [2.75, 3.05) is 13.6 Å². The average Bonchev–Trinajstić information content (AvgIpc) is 2.49. The van der Waals surface area contributed by atoms with Crippen molar-refractivity contribution in [3.05, 3.63) is 42.2 Å². The predicted molar refractivity (Wildman–Crippen MR) is 93.0 cm³/mol. The van der Waals surface area contributed by atoms with Crippen molar-refractivity contribution < 1.29 is 5.21 Å². The number of nitrogens with zero attached hydrogens (tertiary/aromatic N) is 2. The molecule has 0 fully saturated rings. The van der Waals surface area contributed by atoms with Crippen molar-refractivity contribution in [1.29, 1.82) is 0 Å². The molecule has 0 aromatic carbocycles. The number of unbranched alkanes of at least 4 members (excludes halogenated alkanes) is 4. The summed E-state index contributed by atoms with van der Waals surface area (Å²) in [5.41, 5.74) is 1.34. The highest BCUT2D eigenvalue weighted by Gasteiger charge is 2.03. The van der Waals surface area contributed by atoms with E-state index in [1.54, 1.807) is 7.05 Å². The third kappa shape index (κ3) is 10.5. The fourth-order valence-corrected chi connectivity index (χ4v) is 2.67. The lowest BCUT2D eigenvalue weighted by atomic mass is 10.0. The quantitative estimate of drug-likeness (QED) is 0.340. The smallest absolute Gasteiger partial charge is 0.0299 e. The number of hydrogen-bond donors (Lipinski definition) is 1. The van der Waals surface area contributed by atoms with Crippen LogP contribution in [0.4, 0.5) is 0 Å². The molecule has 124 valence electrons. The molecule has 1 rings (SSSR count). The maximum Gasteiger partial charge on any atom is 0.0299 e. The van der Waals surface area contributed by atoms with Gasteiger partial charge in [-0.15, -0.1) is 0 Å². The molecule has 1 N–H and O–H groups in total. The molecule has 0 saturated carbocycles. The fraction of sp³-hybridized carbons (Fsp3) is 0.632. The molecule has 0 aliphatic carbocycles. The van der Waals surface area contributed by atoms with Gasteiger partial charge >= 0.3 is 0 Å². The number of hydrogen-bond acceptors (Lipinski definition) is 3. The Morgan fingerprint density at radius 2 is 1.91 bits per heavy atom. The van der Waals surface area contributed by atoms with E-state index in [4.69, 9.17) is 5.21 Å². The second-order valence-electron chi connectivity index (χ2n) is 6.31. The standard InChI is InChI=1S/C19H32N2O/c1-18(17-21(2)22)12-9-7-5-3-4-6-8-10-13-19-14-11-15-20-16-19/h3-4,11,14-16,18,22H,5-10,12-13,17H2,1-2H3/b4-3-. The molecular formula is C19H32N2O. The van der Waals surface area contributed by atoms with Gasteiger partial charge in [-0.2, -0.15) is 5.06 Å². The number of rotatable bonds is 12. The Bertz CT molecular complexity index is 390. The molecule has 3 nitrogen and oxygen atoms in total. The minimum Gasteiger partial charge on any atom is -0.314 e. The number of hydroxylamine groups is 2. The zero-order chi connectivity index (χ0) is 16.0. The van der Waals surface area contributed by atoms with Crippen LogP contribution in [0, 0.1) is 5.92 Å². The first-order valence-electron chi connectivity index (χ1n) is 8.62. The molecule has 0 bridgehead atoms. The Labute approximate surface area is 136 Å². The van der Waals surface area contributed by atoms with Crippen molar-refractivity contribution in [2.45, 2.75) is 58.3 Å². The van der Waals surface area contributed by atoms with Gasteiger partial charge in [0.15, 0.2) is 0 Å². The molecule has 1 aromatic heterocycles. The van der Waals surface area contributed by atoms with E-state index in [0.717, 1.165) is 13.0 Å². The zero-order valence-corrected chi connectivity index (χ0v) is 14.2. The molecule has 0 aliphatic heterocycles. The van der Waals surface area contributed by atoms with E-state index >= 15 is 0 Å². The Hall–Kier alpha value is -1.19. The monoisotopic (exact) mass is 304 g/mol. The minimum atomic E-state index is 0.575. The zero-order valence-electron chi connectivity index (χ0n) is 14.2. The first-order valence-corrected chi connectivity index (χ1v) is 8.62. The van der Waals surface area contributed by atoms with Gasteiger partial charge in [0, 0.05) is 26.0 Å². The summed E-state index contributed by atoms with van der Waals surface area (Å²) in [5, 5.41) is 10.4. The second-order valence-corrected chi connectivity index (χ2v) is 6.31. The molecule has 1 heterocycles. The molecule has 0 amide bonds. The van der Waals surface area contributed by atoms with Crippen LogP contribution in [-0.2, 0) is 6.42 Å². The minimum absolute atomic E-state index is 0.575. The maximum absolute atomic E-state index is 9.16. The third-order valence-corrected chi connectivity index (χ3v) is 3.87. The van der Waals surface area contributed by atoms with E-state index in [9.17, 15) is 0 Å². The lowest BCUT2D eigenvalue weighted by molar-refractivity contribution is -0.0751. The summed E-state index contributed by atoms with van der Waals surface area (Å²) in [6, 6.07) is 4.16. The van der Waals surface area contributed by atoms with Gasteiger partial charge in [0.25, 0.3) is 0 Å². The summed E-state index contributed by atoms with van der Waals surface area (Å²) in [6.07, 6.45) is 18.2. The summed E-state index contributed by atoms with van der Waals surface area (Å²) >= 11 is 0. The van der Waals surface area contributed by atoms with Crippen LogP contribution in [0.3, 0.4) is 0 Å². The van der Waals surface area contributed by atoms with Gasteiger partial charge in [0.2, 0.25) is 0 Å². The van der Waals surface area contributed by atoms with E-state index in [1.165, 1.54) is 55.6 Å². The maximum atomic E-state index is 9.16. The van der Waals surface area contributed by atoms with Crippen LogP contribution in [0.15, 0.2) is 36.7 Å². The number of pyridine rings is 1. The summed E-state index contributed by atoms with van der Waals surface area (Å²) in [4.78, 5) is 4.14. The molecule has 0 radical (unpaired) electrons. The van der Waals surface area contributed by atoms with Crippen LogP contribution in [0.2, 0.25) is 0 Å². The largest absolute Gasteiger partial charge is 0.314 e. The van der Waals surface area contributed by atoms with Crippen molar-refractivity contribution in [3.63, 3.8) is 0 Å². The summed E-state index contributed by atoms with van der Waals surface area (Å²) in [6.45, 7) is 2.97. The van der Waals surface area contributed by atoms with Gasteiger partial charge in [-0.1, -0.05) is 31.6 Å². The van der Waals surface area contributed by atoms with E-state index in [-0.39, 0.29) is 0 Å². The first-order chi connectivity index (χ1) is 10.7. The average molecular weight is 304 g/mol. The predicted octanol–water partition coefficient (Wildman–Crippen LogP) is 4.87. The fourth-order valence-electron chi connectivity index (χ4n) is 2.67. The molecule has 1 atom stereocenters. The highest BCUT2D eigenvalue weighted by Crippen LogP contribution is 2.11. The van der Waals surface area contributed by atoms with Crippen molar-refractivity contribution in [3.8, 4) is 0 Å². The number of allylic oxidation sites excluding steroid dienone is 2. The topological polar surface area (TPSA) is 36.4 Å². The van der Waals surface area contributed by atoms with Crippen LogP contribution >= 0.6 is 0 Å². The normalized spacial score (nSPS) is 13.1. The Morgan fingerprint density at radius 3 is 2.55 bits per heavy atom. The Kier molecular flexibility index (Phi) is 10.6. The molecule has 22 heavy (non-hydrogen) atoms. The van der Waals surface area contributed by atoms with Crippen LogP contribution in [0.1, 0.15) is 57.4 Å². The van der Waals surface area contributed by atoms with E-state index in [1.807, 2.05) is 18.5 Å². The van der Waals surface area contributed by atoms with Crippen LogP contribution in [0.5, 0.6) is 0 Å². The highest BCUT2D eigenvalue weighted by molar-refractivity contribution is 5.08. The molecule has 0 saturated heterocycles. The Morgan fingerprint density at radius 1 is 1.18 bits per heavy atom. The number of aromatic nitrogens is 1. The molecule has 1 unspecified atom stereocenters. The van der Waals surface area contributed by atoms with Gasteiger partial charge in [-0.25, -0.2) is 0 Å². The van der Waals surface area contributed by atoms with Crippen LogP contribution < -0.4 is 0 Å². The van der Waals surface area contributed by atoms with Gasteiger partial charge in [0.05, 0.1) is 0 Å². The van der Waals surface area contributed by atoms with Gasteiger partial charge in [-0.3, -0.25) is 4.98 Å². The van der Waals surface area contributed by atoms with Crippen LogP contribution in [-0.4, -0.2) is 28.8 Å². The van der Waals surface area contributed by atoms with Crippen LogP contribution in [0.25, 0.3) is 0 Å². The van der Waals surface area contributed by atoms with Gasteiger partial charge in [-0.05, 0) is 62.5 Å². The SMILES string of the molecule is CC(CCCC/C=C\CCCCc1cccnc1)CN(C)O. The van der Waals surface area contributed by atoms with E-state index in [0.29, 0.717) is 5.92 Å². The first kappa shape index (κ1) is 18.9. The highest BCUT2D eigenvalue weighted by atomic mass is 16.5. The molecule has 0 spiro atoms. The summed E-state index contributed by atoms with van der Waals surface area (Å²) in [5.74, 6) is 0.575. The van der Waals surface area contributed by atoms with E-state index < -0.39 is 0 Å². The summed E-state index contributed by atoms with van der Waals surface area (Å²) < 4.78 is 0. The third-order valence-electron chi connectivity index (χ3n) is 3.87. The molecule has 3 heteroatoms. The molecule has 0 aliphatic rings. The summed E-state index contributed by atoms with van der Waals surface area (Å²) in [7, 11) is 1.72. The molecule has 1 aromatic rings. The number of aryl methyl sites for hydroxylation is 1. The van der Waals surface area contributed by atoms with Crippen molar-refractivity contribution in [2.24, 2.45) is 5.92 Å². The lowest BCUT2D eigenvalue weighted by Gasteiger charge is -2.14. The van der Waals surface area contributed by atoms with Crippen molar-refractivity contribution >= 4 is 0 Å². The molecular weight excluding hydrogens is 272 g/mol.